The number of aromatic hydroxyl groups is 2. The Balaban J connectivity index is 0.000000345. The number of benzene rings is 2. The van der Waals surface area contributed by atoms with Crippen LogP contribution >= 0.6 is 0 Å². The molecular weight excluding hydrogens is 379 g/mol. The molecule has 2 aromatic rings. The number of phenolic OH excluding ortho intramolecular Hbond substituents is 2. The molecule has 1 aliphatic heterocycles. The van der Waals surface area contributed by atoms with Gasteiger partial charge in [-0.25, -0.2) is 4.79 Å². The van der Waals surface area contributed by atoms with Crippen molar-refractivity contribution in [1.29, 1.82) is 0 Å². The van der Waals surface area contributed by atoms with E-state index in [9.17, 15) is 23.4 Å². The summed E-state index contributed by atoms with van der Waals surface area (Å²) in [5.74, 6) is -1.76. The van der Waals surface area contributed by atoms with Crippen LogP contribution in [0.25, 0.3) is 0 Å². The molecule has 0 saturated heterocycles. The molecule has 1 heterocycles. The lowest BCUT2D eigenvalue weighted by Gasteiger charge is -2.28. The number of halogens is 3. The molecule has 0 radical (unpaired) electrons. The van der Waals surface area contributed by atoms with Crippen LogP contribution in [0.15, 0.2) is 36.4 Å². The second-order valence-corrected chi connectivity index (χ2v) is 6.12. The third-order valence-electron chi connectivity index (χ3n) is 4.24. The van der Waals surface area contributed by atoms with E-state index in [1.807, 2.05) is 24.3 Å². The molecular formula is C19H20F3NO5. The zero-order valence-corrected chi connectivity index (χ0v) is 15.0. The molecule has 0 unspecified atom stereocenters. The Bertz CT molecular complexity index is 822. The van der Waals surface area contributed by atoms with Gasteiger partial charge >= 0.3 is 12.1 Å². The smallest absolute Gasteiger partial charge is 0.490 e. The van der Waals surface area contributed by atoms with Gasteiger partial charge < -0.3 is 25.4 Å². The SMILES string of the molecule is COc1ccc2c(c1O)[C@H](Cc1ccc(O)cc1)NCC2.O=C(O)C(F)(F)F. The van der Waals surface area contributed by atoms with E-state index in [2.05, 4.69) is 5.32 Å². The fraction of sp³-hybridized carbons (Fsp3) is 0.316. The number of carboxylic acid groups (broad SMARTS) is 1. The number of alkyl halides is 3. The summed E-state index contributed by atoms with van der Waals surface area (Å²) in [4.78, 5) is 8.90. The molecule has 152 valence electrons. The Morgan fingerprint density at radius 2 is 1.79 bits per heavy atom. The van der Waals surface area contributed by atoms with Crippen LogP contribution in [0.3, 0.4) is 0 Å². The van der Waals surface area contributed by atoms with Crippen LogP contribution in [0.4, 0.5) is 13.2 Å². The van der Waals surface area contributed by atoms with E-state index >= 15 is 0 Å². The second kappa shape index (κ2) is 8.83. The van der Waals surface area contributed by atoms with Gasteiger partial charge in [-0.05, 0) is 48.7 Å². The van der Waals surface area contributed by atoms with E-state index in [1.165, 1.54) is 0 Å². The third-order valence-corrected chi connectivity index (χ3v) is 4.24. The fourth-order valence-corrected chi connectivity index (χ4v) is 2.93. The first-order valence-corrected chi connectivity index (χ1v) is 8.33. The van der Waals surface area contributed by atoms with Gasteiger partial charge in [-0.2, -0.15) is 13.2 Å². The highest BCUT2D eigenvalue weighted by atomic mass is 19.4. The van der Waals surface area contributed by atoms with E-state index in [-0.39, 0.29) is 17.5 Å². The van der Waals surface area contributed by atoms with Gasteiger partial charge in [0.2, 0.25) is 0 Å². The van der Waals surface area contributed by atoms with Gasteiger partial charge in [0.05, 0.1) is 7.11 Å². The number of fused-ring (bicyclic) bond motifs is 1. The summed E-state index contributed by atoms with van der Waals surface area (Å²) in [5, 5.41) is 30.4. The van der Waals surface area contributed by atoms with Crippen molar-refractivity contribution in [2.75, 3.05) is 13.7 Å². The van der Waals surface area contributed by atoms with Crippen LogP contribution in [-0.4, -0.2) is 41.1 Å². The summed E-state index contributed by atoms with van der Waals surface area (Å²) in [6.07, 6.45) is -3.42. The van der Waals surface area contributed by atoms with Crippen LogP contribution in [0.5, 0.6) is 17.2 Å². The van der Waals surface area contributed by atoms with Gasteiger partial charge in [-0.1, -0.05) is 18.2 Å². The maximum atomic E-state index is 10.6. The van der Waals surface area contributed by atoms with Gasteiger partial charge in [0.15, 0.2) is 11.5 Å². The first kappa shape index (κ1) is 21.4. The van der Waals surface area contributed by atoms with Gasteiger partial charge in [0, 0.05) is 11.6 Å². The molecule has 0 bridgehead atoms. The molecule has 0 fully saturated rings. The Morgan fingerprint density at radius 3 is 2.32 bits per heavy atom. The first-order valence-electron chi connectivity index (χ1n) is 8.33. The highest BCUT2D eigenvalue weighted by molar-refractivity contribution is 5.73. The van der Waals surface area contributed by atoms with E-state index in [0.29, 0.717) is 5.75 Å². The quantitative estimate of drug-likeness (QED) is 0.633. The fourth-order valence-electron chi connectivity index (χ4n) is 2.93. The summed E-state index contributed by atoms with van der Waals surface area (Å²) in [6, 6.07) is 11.1. The minimum absolute atomic E-state index is 0.0494. The monoisotopic (exact) mass is 399 g/mol. The molecule has 4 N–H and O–H groups in total. The maximum Gasteiger partial charge on any atom is 0.490 e. The summed E-state index contributed by atoms with van der Waals surface area (Å²) in [7, 11) is 1.56. The lowest BCUT2D eigenvalue weighted by atomic mass is 9.89. The number of methoxy groups -OCH3 is 1. The molecule has 0 aliphatic carbocycles. The lowest BCUT2D eigenvalue weighted by Crippen LogP contribution is -2.31. The van der Waals surface area contributed by atoms with Gasteiger partial charge in [-0.3, -0.25) is 0 Å². The van der Waals surface area contributed by atoms with Crippen LogP contribution in [0.2, 0.25) is 0 Å². The normalized spacial score (nSPS) is 15.8. The van der Waals surface area contributed by atoms with E-state index in [0.717, 1.165) is 36.1 Å². The summed E-state index contributed by atoms with van der Waals surface area (Å²) >= 11 is 0. The molecule has 0 amide bonds. The number of carbonyl (C=O) groups is 1. The Labute approximate surface area is 159 Å². The van der Waals surface area contributed by atoms with E-state index in [4.69, 9.17) is 14.6 Å². The van der Waals surface area contributed by atoms with Gasteiger partial charge in [0.1, 0.15) is 5.75 Å². The van der Waals surface area contributed by atoms with Crippen molar-refractivity contribution in [2.45, 2.75) is 25.1 Å². The minimum atomic E-state index is -5.08. The molecule has 6 nitrogen and oxygen atoms in total. The molecule has 28 heavy (non-hydrogen) atoms. The molecule has 2 aromatic carbocycles. The molecule has 9 heteroatoms. The standard InChI is InChI=1S/C17H19NO3.C2HF3O2/c1-21-15-7-4-12-8-9-18-14(16(12)17(15)20)10-11-2-5-13(19)6-3-11;3-2(4,5)1(6)7/h2-7,14,18-20H,8-10H2,1H3;(H,6,7)/t14-;/m0./s1. The average Bonchev–Trinajstić information content (AvgIpc) is 2.64. The molecule has 0 saturated carbocycles. The van der Waals surface area contributed by atoms with Crippen molar-refractivity contribution in [2.24, 2.45) is 0 Å². The zero-order valence-electron chi connectivity index (χ0n) is 15.0. The number of nitrogens with one attached hydrogen (secondary N) is 1. The lowest BCUT2D eigenvalue weighted by molar-refractivity contribution is -0.192. The Morgan fingerprint density at radius 1 is 1.18 bits per heavy atom. The Kier molecular flexibility index (Phi) is 6.74. The molecule has 0 aromatic heterocycles. The first-order chi connectivity index (χ1) is 13.1. The van der Waals surface area contributed by atoms with Gasteiger partial charge in [0.25, 0.3) is 0 Å². The van der Waals surface area contributed by atoms with Crippen molar-refractivity contribution in [3.63, 3.8) is 0 Å². The van der Waals surface area contributed by atoms with Crippen molar-refractivity contribution >= 4 is 5.97 Å². The molecule has 0 spiro atoms. The summed E-state index contributed by atoms with van der Waals surface area (Å²) in [5.41, 5.74) is 3.20. The average molecular weight is 399 g/mol. The maximum absolute atomic E-state index is 10.6. The highest BCUT2D eigenvalue weighted by Crippen LogP contribution is 2.39. The molecule has 3 rings (SSSR count). The molecule has 1 aliphatic rings. The predicted octanol–water partition coefficient (Wildman–Crippen LogP) is 3.17. The van der Waals surface area contributed by atoms with E-state index in [1.54, 1.807) is 19.2 Å². The molecule has 1 atom stereocenters. The number of aliphatic carboxylic acids is 1. The predicted molar refractivity (Wildman–Crippen MR) is 94.6 cm³/mol. The van der Waals surface area contributed by atoms with Crippen molar-refractivity contribution < 1.29 is 38.0 Å². The zero-order chi connectivity index (χ0) is 20.9. The van der Waals surface area contributed by atoms with Crippen molar-refractivity contribution in [1.82, 2.24) is 5.32 Å². The van der Waals surface area contributed by atoms with Crippen LogP contribution in [0, 0.1) is 0 Å². The number of hydrogen-bond donors (Lipinski definition) is 4. The van der Waals surface area contributed by atoms with Crippen LogP contribution in [0.1, 0.15) is 22.7 Å². The van der Waals surface area contributed by atoms with Gasteiger partial charge in [-0.15, -0.1) is 0 Å². The number of hydrogen-bond acceptors (Lipinski definition) is 5. The summed E-state index contributed by atoms with van der Waals surface area (Å²) < 4.78 is 37.0. The largest absolute Gasteiger partial charge is 0.508 e. The topological polar surface area (TPSA) is 99.0 Å². The van der Waals surface area contributed by atoms with Crippen molar-refractivity contribution in [3.8, 4) is 17.2 Å². The van der Waals surface area contributed by atoms with Crippen molar-refractivity contribution in [3.05, 3.63) is 53.1 Å². The van der Waals surface area contributed by atoms with Crippen LogP contribution < -0.4 is 10.1 Å². The third kappa shape index (κ3) is 5.29. The number of ether oxygens (including phenoxy) is 1. The number of phenols is 2. The van der Waals surface area contributed by atoms with Crippen LogP contribution in [-0.2, 0) is 17.6 Å². The minimum Gasteiger partial charge on any atom is -0.508 e. The Hall–Kier alpha value is -2.94. The second-order valence-electron chi connectivity index (χ2n) is 6.12. The number of rotatable bonds is 3. The summed E-state index contributed by atoms with van der Waals surface area (Å²) in [6.45, 7) is 0.890. The van der Waals surface area contributed by atoms with E-state index < -0.39 is 12.1 Å². The number of carboxylic acids is 1. The highest BCUT2D eigenvalue weighted by Gasteiger charge is 2.38.